The number of hydrogen-bond donors (Lipinski definition) is 1. The van der Waals surface area contributed by atoms with E-state index in [1.165, 1.54) is 0 Å². The zero-order chi connectivity index (χ0) is 16.7. The molecule has 7 heteroatoms. The molecule has 0 bridgehead atoms. The van der Waals surface area contributed by atoms with Gasteiger partial charge in [-0.25, -0.2) is 4.31 Å². The summed E-state index contributed by atoms with van der Waals surface area (Å²) in [5.41, 5.74) is 0.339. The molecule has 3 N–H and O–H groups in total. The molecule has 128 valence electrons. The predicted molar refractivity (Wildman–Crippen MR) is 91.3 cm³/mol. The fourth-order valence-electron chi connectivity index (χ4n) is 2.79. The molecule has 0 unspecified atom stereocenters. The van der Waals surface area contributed by atoms with Crippen molar-refractivity contribution in [3.63, 3.8) is 0 Å². The molecule has 3 rings (SSSR count). The van der Waals surface area contributed by atoms with Gasteiger partial charge in [0.1, 0.15) is 5.54 Å². The fourth-order valence-corrected chi connectivity index (χ4v) is 4.59. The SMILES string of the molecule is CC1(C)NS(=O)(=O)N(C(c2ccccc2)c2ccccc2)C1=O.O. The second-order valence-corrected chi connectivity index (χ2v) is 7.60. The molecule has 1 heterocycles. The van der Waals surface area contributed by atoms with Gasteiger partial charge in [0.25, 0.3) is 5.91 Å². The highest BCUT2D eigenvalue weighted by Crippen LogP contribution is 2.35. The van der Waals surface area contributed by atoms with E-state index in [1.54, 1.807) is 13.8 Å². The Morgan fingerprint density at radius 2 is 1.33 bits per heavy atom. The van der Waals surface area contributed by atoms with Gasteiger partial charge < -0.3 is 5.48 Å². The highest BCUT2D eigenvalue weighted by atomic mass is 32.2. The zero-order valence-corrected chi connectivity index (χ0v) is 14.2. The highest BCUT2D eigenvalue weighted by molar-refractivity contribution is 7.88. The molecule has 0 saturated carbocycles. The first-order valence-electron chi connectivity index (χ1n) is 7.30. The molecule has 2 aromatic carbocycles. The maximum atomic E-state index is 12.7. The number of rotatable bonds is 3. The van der Waals surface area contributed by atoms with Crippen LogP contribution >= 0.6 is 0 Å². The van der Waals surface area contributed by atoms with Crippen molar-refractivity contribution in [2.75, 3.05) is 0 Å². The summed E-state index contributed by atoms with van der Waals surface area (Å²) >= 11 is 0. The van der Waals surface area contributed by atoms with Crippen LogP contribution < -0.4 is 4.72 Å². The maximum absolute atomic E-state index is 12.7. The average Bonchev–Trinajstić information content (AvgIpc) is 2.68. The van der Waals surface area contributed by atoms with Crippen LogP contribution in [0.2, 0.25) is 0 Å². The fraction of sp³-hybridized carbons (Fsp3) is 0.235. The molecule has 6 nitrogen and oxygen atoms in total. The summed E-state index contributed by atoms with van der Waals surface area (Å²) in [4.78, 5) is 12.7. The van der Waals surface area contributed by atoms with Gasteiger partial charge in [-0.05, 0) is 25.0 Å². The van der Waals surface area contributed by atoms with E-state index >= 15 is 0 Å². The minimum atomic E-state index is -3.91. The number of amides is 1. The molecule has 0 aliphatic carbocycles. The number of hydrogen-bond acceptors (Lipinski definition) is 3. The van der Waals surface area contributed by atoms with Gasteiger partial charge in [0.15, 0.2) is 0 Å². The molecule has 0 aromatic heterocycles. The third-order valence-electron chi connectivity index (χ3n) is 3.84. The zero-order valence-electron chi connectivity index (χ0n) is 13.4. The van der Waals surface area contributed by atoms with Crippen molar-refractivity contribution in [3.8, 4) is 0 Å². The van der Waals surface area contributed by atoms with E-state index in [0.717, 1.165) is 15.4 Å². The summed E-state index contributed by atoms with van der Waals surface area (Å²) in [6, 6.07) is 17.6. The van der Waals surface area contributed by atoms with E-state index < -0.39 is 27.7 Å². The second-order valence-electron chi connectivity index (χ2n) is 6.06. The molecule has 1 aliphatic heterocycles. The van der Waals surface area contributed by atoms with E-state index in [2.05, 4.69) is 4.72 Å². The van der Waals surface area contributed by atoms with Gasteiger partial charge in [-0.3, -0.25) is 4.79 Å². The molecule has 24 heavy (non-hydrogen) atoms. The predicted octanol–water partition coefficient (Wildman–Crippen LogP) is 1.41. The first-order valence-corrected chi connectivity index (χ1v) is 8.74. The van der Waals surface area contributed by atoms with E-state index in [9.17, 15) is 13.2 Å². The molecular formula is C17H20N2O4S. The second kappa shape index (κ2) is 6.35. The summed E-state index contributed by atoms with van der Waals surface area (Å²) in [5.74, 6) is -0.463. The van der Waals surface area contributed by atoms with Crippen LogP contribution in [0.4, 0.5) is 0 Å². The standard InChI is InChI=1S/C17H18N2O3S.H2O/c1-17(2)16(20)19(23(21,22)18-17)15(13-9-5-3-6-10-13)14-11-7-4-8-12-14;/h3-12,15,18H,1-2H3;1H2. The summed E-state index contributed by atoms with van der Waals surface area (Å²) in [6.45, 7) is 3.14. The lowest BCUT2D eigenvalue weighted by Crippen LogP contribution is -2.41. The van der Waals surface area contributed by atoms with Crippen LogP contribution in [-0.2, 0) is 15.0 Å². The molecule has 0 radical (unpaired) electrons. The summed E-state index contributed by atoms with van der Waals surface area (Å²) in [7, 11) is -3.91. The van der Waals surface area contributed by atoms with Crippen molar-refractivity contribution in [2.24, 2.45) is 0 Å². The largest absolute Gasteiger partial charge is 0.412 e. The van der Waals surface area contributed by atoms with E-state index in [-0.39, 0.29) is 5.48 Å². The Labute approximate surface area is 141 Å². The Hall–Kier alpha value is -2.22. The number of benzene rings is 2. The van der Waals surface area contributed by atoms with Gasteiger partial charge >= 0.3 is 10.2 Å². The highest BCUT2D eigenvalue weighted by Gasteiger charge is 2.52. The quantitative estimate of drug-likeness (QED) is 0.908. The summed E-state index contributed by atoms with van der Waals surface area (Å²) in [6.07, 6.45) is 0. The molecule has 0 atom stereocenters. The Kier molecular flexibility index (Phi) is 4.80. The van der Waals surface area contributed by atoms with Crippen molar-refractivity contribution in [2.45, 2.75) is 25.4 Å². The Morgan fingerprint density at radius 1 is 0.917 bits per heavy atom. The molecule has 1 aliphatic rings. The van der Waals surface area contributed by atoms with Gasteiger partial charge in [-0.15, -0.1) is 0 Å². The van der Waals surface area contributed by atoms with E-state index in [4.69, 9.17) is 0 Å². The van der Waals surface area contributed by atoms with Crippen LogP contribution in [0.5, 0.6) is 0 Å². The average molecular weight is 348 g/mol. The van der Waals surface area contributed by atoms with E-state index in [1.807, 2.05) is 60.7 Å². The monoisotopic (exact) mass is 348 g/mol. The molecule has 1 saturated heterocycles. The molecule has 1 amide bonds. The van der Waals surface area contributed by atoms with Crippen LogP contribution in [0.1, 0.15) is 31.0 Å². The van der Waals surface area contributed by atoms with Crippen molar-refractivity contribution in [1.29, 1.82) is 0 Å². The normalized spacial score (nSPS) is 18.5. The number of nitrogens with zero attached hydrogens (tertiary/aromatic N) is 1. The van der Waals surface area contributed by atoms with Gasteiger partial charge in [-0.1, -0.05) is 60.7 Å². The molecule has 1 fully saturated rings. The van der Waals surface area contributed by atoms with Gasteiger partial charge in [0, 0.05) is 0 Å². The smallest absolute Gasteiger partial charge is 0.305 e. The van der Waals surface area contributed by atoms with Gasteiger partial charge in [0.05, 0.1) is 6.04 Å². The number of nitrogens with one attached hydrogen (secondary N) is 1. The summed E-state index contributed by atoms with van der Waals surface area (Å²) < 4.78 is 28.5. The van der Waals surface area contributed by atoms with Crippen molar-refractivity contribution < 1.29 is 18.7 Å². The van der Waals surface area contributed by atoms with Crippen LogP contribution in [-0.4, -0.2) is 29.6 Å². The third-order valence-corrected chi connectivity index (χ3v) is 5.51. The minimum Gasteiger partial charge on any atom is -0.412 e. The lowest BCUT2D eigenvalue weighted by molar-refractivity contribution is -0.130. The van der Waals surface area contributed by atoms with Crippen LogP contribution in [0, 0.1) is 0 Å². The first kappa shape index (κ1) is 18.1. The summed E-state index contributed by atoms with van der Waals surface area (Å²) in [5, 5.41) is 0. The number of carbonyl (C=O) groups is 1. The Balaban J connectivity index is 0.00000208. The van der Waals surface area contributed by atoms with Gasteiger partial charge in [-0.2, -0.15) is 13.1 Å². The van der Waals surface area contributed by atoms with Crippen LogP contribution in [0.15, 0.2) is 60.7 Å². The molecule has 0 spiro atoms. The van der Waals surface area contributed by atoms with Crippen LogP contribution in [0.25, 0.3) is 0 Å². The first-order chi connectivity index (χ1) is 10.8. The Morgan fingerprint density at radius 3 is 1.67 bits per heavy atom. The number of carbonyl (C=O) groups excluding carboxylic acids is 1. The molecular weight excluding hydrogens is 328 g/mol. The van der Waals surface area contributed by atoms with E-state index in [0.29, 0.717) is 0 Å². The maximum Gasteiger partial charge on any atom is 0.305 e. The van der Waals surface area contributed by atoms with Crippen molar-refractivity contribution in [1.82, 2.24) is 9.03 Å². The van der Waals surface area contributed by atoms with Gasteiger partial charge in [0.2, 0.25) is 0 Å². The topological polar surface area (TPSA) is 98.0 Å². The lowest BCUT2D eigenvalue weighted by atomic mass is 9.97. The Bertz CT molecular complexity index is 781. The van der Waals surface area contributed by atoms with Crippen molar-refractivity contribution in [3.05, 3.63) is 71.8 Å². The minimum absolute atomic E-state index is 0. The third kappa shape index (κ3) is 3.06. The molecule has 2 aromatic rings. The lowest BCUT2D eigenvalue weighted by Gasteiger charge is -2.27. The van der Waals surface area contributed by atoms with Crippen LogP contribution in [0.3, 0.4) is 0 Å². The van der Waals surface area contributed by atoms with Crippen molar-refractivity contribution >= 4 is 16.1 Å².